The van der Waals surface area contributed by atoms with Gasteiger partial charge in [0.05, 0.1) is 12.7 Å². The minimum absolute atomic E-state index is 0.0441. The van der Waals surface area contributed by atoms with Gasteiger partial charge in [-0.2, -0.15) is 0 Å². The summed E-state index contributed by atoms with van der Waals surface area (Å²) in [4.78, 5) is 12.0. The molecule has 0 spiro atoms. The van der Waals surface area contributed by atoms with E-state index < -0.39 is 5.82 Å². The van der Waals surface area contributed by atoms with Gasteiger partial charge in [0.25, 0.3) is 5.91 Å². The molecule has 0 saturated carbocycles. The van der Waals surface area contributed by atoms with E-state index >= 15 is 0 Å². The molecule has 1 atom stereocenters. The van der Waals surface area contributed by atoms with Crippen molar-refractivity contribution in [3.63, 3.8) is 0 Å². The zero-order valence-corrected chi connectivity index (χ0v) is 11.5. The van der Waals surface area contributed by atoms with Crippen LogP contribution in [-0.2, 0) is 17.8 Å². The molecule has 2 aromatic carbocycles. The molecule has 108 valence electrons. The second kappa shape index (κ2) is 6.06. The van der Waals surface area contributed by atoms with Crippen molar-refractivity contribution in [3.05, 3.63) is 71.0 Å². The van der Waals surface area contributed by atoms with Crippen LogP contribution in [0.25, 0.3) is 0 Å². The number of carbonyl (C=O) groups excluding carboxylic acids is 1. The topological polar surface area (TPSA) is 38.3 Å². The molecule has 1 heterocycles. The van der Waals surface area contributed by atoms with Gasteiger partial charge in [-0.1, -0.05) is 30.3 Å². The summed E-state index contributed by atoms with van der Waals surface area (Å²) in [6.07, 6.45) is 0.733. The SMILES string of the molecule is O=C(NCC1Cc2ccccc2CO1)c1cccc(F)c1. The average molecular weight is 285 g/mol. The lowest BCUT2D eigenvalue weighted by molar-refractivity contribution is 0.0285. The summed E-state index contributed by atoms with van der Waals surface area (Å²) < 4.78 is 18.8. The number of fused-ring (bicyclic) bond motifs is 1. The van der Waals surface area contributed by atoms with E-state index in [9.17, 15) is 9.18 Å². The maximum absolute atomic E-state index is 13.1. The van der Waals surface area contributed by atoms with Crippen molar-refractivity contribution in [1.29, 1.82) is 0 Å². The molecule has 3 nitrogen and oxygen atoms in total. The number of ether oxygens (including phenoxy) is 1. The number of benzene rings is 2. The smallest absolute Gasteiger partial charge is 0.251 e. The summed E-state index contributed by atoms with van der Waals surface area (Å²) >= 11 is 0. The fraction of sp³-hybridized carbons (Fsp3) is 0.235. The summed E-state index contributed by atoms with van der Waals surface area (Å²) in [7, 11) is 0. The molecule has 0 aliphatic carbocycles. The standard InChI is InChI=1S/C17H16FNO2/c18-15-7-3-6-13(8-15)17(20)19-10-16-9-12-4-1-2-5-14(12)11-21-16/h1-8,16H,9-11H2,(H,19,20). The van der Waals surface area contributed by atoms with Gasteiger partial charge in [0, 0.05) is 18.5 Å². The number of carbonyl (C=O) groups is 1. The van der Waals surface area contributed by atoms with Crippen molar-refractivity contribution in [2.24, 2.45) is 0 Å². The van der Waals surface area contributed by atoms with Gasteiger partial charge in [0.1, 0.15) is 5.82 Å². The first-order chi connectivity index (χ1) is 10.2. The van der Waals surface area contributed by atoms with Gasteiger partial charge in [-0.15, -0.1) is 0 Å². The molecule has 1 unspecified atom stereocenters. The third kappa shape index (κ3) is 3.28. The largest absolute Gasteiger partial charge is 0.371 e. The second-order valence-electron chi connectivity index (χ2n) is 5.13. The van der Waals surface area contributed by atoms with E-state index in [2.05, 4.69) is 17.4 Å². The van der Waals surface area contributed by atoms with Crippen LogP contribution in [-0.4, -0.2) is 18.6 Å². The summed E-state index contributed by atoms with van der Waals surface area (Å²) in [6.45, 7) is 0.986. The van der Waals surface area contributed by atoms with E-state index in [0.717, 1.165) is 6.42 Å². The Bertz CT molecular complexity index is 657. The molecule has 4 heteroatoms. The molecule has 2 aromatic rings. The molecule has 0 aromatic heterocycles. The van der Waals surface area contributed by atoms with E-state index in [1.54, 1.807) is 6.07 Å². The first-order valence-electron chi connectivity index (χ1n) is 6.94. The molecule has 1 aliphatic rings. The Labute approximate surface area is 122 Å². The first-order valence-corrected chi connectivity index (χ1v) is 6.94. The molecule has 0 fully saturated rings. The van der Waals surface area contributed by atoms with Crippen molar-refractivity contribution < 1.29 is 13.9 Å². The number of nitrogens with one attached hydrogen (secondary N) is 1. The average Bonchev–Trinajstić information content (AvgIpc) is 2.52. The summed E-state index contributed by atoms with van der Waals surface area (Å²) in [5, 5.41) is 2.80. The van der Waals surface area contributed by atoms with Crippen LogP contribution in [0.5, 0.6) is 0 Å². The third-order valence-corrected chi connectivity index (χ3v) is 3.62. The predicted octanol–water partition coefficient (Wildman–Crippen LogP) is 2.70. The maximum Gasteiger partial charge on any atom is 0.251 e. The van der Waals surface area contributed by atoms with Crippen LogP contribution in [0.15, 0.2) is 48.5 Å². The molecule has 0 saturated heterocycles. The first kappa shape index (κ1) is 13.8. The fourth-order valence-corrected chi connectivity index (χ4v) is 2.48. The van der Waals surface area contributed by atoms with Crippen molar-refractivity contribution >= 4 is 5.91 Å². The highest BCUT2D eigenvalue weighted by atomic mass is 19.1. The van der Waals surface area contributed by atoms with E-state index in [1.807, 2.05) is 12.1 Å². The minimum atomic E-state index is -0.412. The highest BCUT2D eigenvalue weighted by Gasteiger charge is 2.19. The summed E-state index contributed by atoms with van der Waals surface area (Å²) in [5.74, 6) is -0.692. The zero-order valence-electron chi connectivity index (χ0n) is 11.5. The van der Waals surface area contributed by atoms with Crippen LogP contribution in [0.2, 0.25) is 0 Å². The van der Waals surface area contributed by atoms with E-state index in [-0.39, 0.29) is 12.0 Å². The van der Waals surface area contributed by atoms with Gasteiger partial charge in [0.15, 0.2) is 0 Å². The Morgan fingerprint density at radius 1 is 1.19 bits per heavy atom. The minimum Gasteiger partial charge on any atom is -0.371 e. The lowest BCUT2D eigenvalue weighted by Crippen LogP contribution is -2.36. The van der Waals surface area contributed by atoms with Gasteiger partial charge in [-0.3, -0.25) is 4.79 Å². The molecule has 0 radical (unpaired) electrons. The Hall–Kier alpha value is -2.20. The lowest BCUT2D eigenvalue weighted by Gasteiger charge is -2.25. The number of rotatable bonds is 3. The van der Waals surface area contributed by atoms with E-state index in [0.29, 0.717) is 18.7 Å². The Kier molecular flexibility index (Phi) is 3.97. The van der Waals surface area contributed by atoms with Crippen LogP contribution in [0.4, 0.5) is 4.39 Å². The summed E-state index contributed by atoms with van der Waals surface area (Å²) in [5.41, 5.74) is 2.78. The second-order valence-corrected chi connectivity index (χ2v) is 5.13. The van der Waals surface area contributed by atoms with Crippen molar-refractivity contribution in [2.45, 2.75) is 19.1 Å². The zero-order chi connectivity index (χ0) is 14.7. The number of amides is 1. The van der Waals surface area contributed by atoms with E-state index in [1.165, 1.54) is 29.3 Å². The van der Waals surface area contributed by atoms with Gasteiger partial charge in [-0.05, 0) is 29.3 Å². The van der Waals surface area contributed by atoms with Crippen LogP contribution >= 0.6 is 0 Å². The van der Waals surface area contributed by atoms with Crippen LogP contribution < -0.4 is 5.32 Å². The molecule has 0 bridgehead atoms. The van der Waals surface area contributed by atoms with E-state index in [4.69, 9.17) is 4.74 Å². The Morgan fingerprint density at radius 3 is 2.81 bits per heavy atom. The van der Waals surface area contributed by atoms with Crippen LogP contribution in [0, 0.1) is 5.82 Å². The van der Waals surface area contributed by atoms with Crippen molar-refractivity contribution in [2.75, 3.05) is 6.54 Å². The Balaban J connectivity index is 1.58. The molecule has 3 rings (SSSR count). The number of hydrogen-bond donors (Lipinski definition) is 1. The highest BCUT2D eigenvalue weighted by Crippen LogP contribution is 2.19. The molecule has 1 aliphatic heterocycles. The molecule has 1 amide bonds. The Morgan fingerprint density at radius 2 is 2.00 bits per heavy atom. The normalized spacial score (nSPS) is 17.1. The van der Waals surface area contributed by atoms with Gasteiger partial charge < -0.3 is 10.1 Å². The van der Waals surface area contributed by atoms with Crippen molar-refractivity contribution in [1.82, 2.24) is 5.32 Å². The van der Waals surface area contributed by atoms with Gasteiger partial charge in [-0.25, -0.2) is 4.39 Å². The quantitative estimate of drug-likeness (QED) is 0.941. The van der Waals surface area contributed by atoms with Gasteiger partial charge in [0.2, 0.25) is 0 Å². The molecular weight excluding hydrogens is 269 g/mol. The number of hydrogen-bond acceptors (Lipinski definition) is 2. The summed E-state index contributed by atoms with van der Waals surface area (Å²) in [6, 6.07) is 13.8. The third-order valence-electron chi connectivity index (χ3n) is 3.62. The number of halogens is 1. The van der Waals surface area contributed by atoms with Crippen molar-refractivity contribution in [3.8, 4) is 0 Å². The fourth-order valence-electron chi connectivity index (χ4n) is 2.48. The molecular formula is C17H16FNO2. The lowest BCUT2D eigenvalue weighted by atomic mass is 9.99. The van der Waals surface area contributed by atoms with Crippen LogP contribution in [0.3, 0.4) is 0 Å². The maximum atomic E-state index is 13.1. The van der Waals surface area contributed by atoms with Crippen LogP contribution in [0.1, 0.15) is 21.5 Å². The van der Waals surface area contributed by atoms with Gasteiger partial charge >= 0.3 is 0 Å². The molecule has 21 heavy (non-hydrogen) atoms. The molecule has 1 N–H and O–H groups in total. The predicted molar refractivity (Wildman–Crippen MR) is 77.5 cm³/mol. The monoisotopic (exact) mass is 285 g/mol. The highest BCUT2D eigenvalue weighted by molar-refractivity contribution is 5.94.